The minimum atomic E-state index is -0.300. The van der Waals surface area contributed by atoms with Gasteiger partial charge in [0, 0.05) is 11.9 Å². The predicted molar refractivity (Wildman–Crippen MR) is 106 cm³/mol. The lowest BCUT2D eigenvalue weighted by atomic mass is 10.1. The van der Waals surface area contributed by atoms with E-state index in [1.165, 1.54) is 23.5 Å². The van der Waals surface area contributed by atoms with Crippen molar-refractivity contribution in [2.75, 3.05) is 6.54 Å². The zero-order valence-electron chi connectivity index (χ0n) is 15.5. The molecule has 0 aliphatic heterocycles. The third-order valence-electron chi connectivity index (χ3n) is 4.55. The molecule has 7 heteroatoms. The lowest BCUT2D eigenvalue weighted by Gasteiger charge is -2.07. The van der Waals surface area contributed by atoms with E-state index < -0.39 is 0 Å². The molecule has 0 aliphatic carbocycles. The predicted octanol–water partition coefficient (Wildman–Crippen LogP) is 3.87. The van der Waals surface area contributed by atoms with Crippen molar-refractivity contribution in [3.05, 3.63) is 52.3 Å². The van der Waals surface area contributed by atoms with Crippen molar-refractivity contribution in [3.63, 3.8) is 0 Å². The highest BCUT2D eigenvalue weighted by Crippen LogP contribution is 2.29. The second-order valence-electron chi connectivity index (χ2n) is 6.66. The van der Waals surface area contributed by atoms with Crippen LogP contribution in [0.5, 0.6) is 0 Å². The summed E-state index contributed by atoms with van der Waals surface area (Å²) in [7, 11) is 0. The Morgan fingerprint density at radius 1 is 1.37 bits per heavy atom. The van der Waals surface area contributed by atoms with Gasteiger partial charge in [0.05, 0.1) is 23.2 Å². The van der Waals surface area contributed by atoms with Gasteiger partial charge in [0.15, 0.2) is 0 Å². The molecule has 3 aromatic rings. The van der Waals surface area contributed by atoms with Crippen molar-refractivity contribution in [3.8, 4) is 0 Å². The minimum absolute atomic E-state index is 0.102. The number of hydrogen-bond donors (Lipinski definition) is 2. The number of nitrogens with zero attached hydrogens (tertiary/aromatic N) is 2. The third-order valence-corrected chi connectivity index (χ3v) is 5.69. The van der Waals surface area contributed by atoms with Crippen molar-refractivity contribution in [2.45, 2.75) is 45.8 Å². The second-order valence-corrected chi connectivity index (χ2v) is 7.69. The van der Waals surface area contributed by atoms with Crippen molar-refractivity contribution >= 4 is 27.5 Å². The van der Waals surface area contributed by atoms with Crippen LogP contribution in [0.1, 0.15) is 47.1 Å². The smallest absolute Gasteiger partial charge is 0.261 e. The van der Waals surface area contributed by atoms with E-state index in [2.05, 4.69) is 10.4 Å². The largest absolute Gasteiger partial charge is 0.393 e. The van der Waals surface area contributed by atoms with E-state index in [4.69, 9.17) is 0 Å². The van der Waals surface area contributed by atoms with E-state index in [-0.39, 0.29) is 17.8 Å². The molecular formula is C20H24FN3O2S. The van der Waals surface area contributed by atoms with E-state index in [9.17, 15) is 14.3 Å². The second kappa shape index (κ2) is 8.63. The van der Waals surface area contributed by atoms with Crippen LogP contribution in [0.25, 0.3) is 10.2 Å². The fraction of sp³-hybridized carbons (Fsp3) is 0.400. The highest BCUT2D eigenvalue weighted by molar-refractivity contribution is 7.20. The number of hydrogen-bond acceptors (Lipinski definition) is 4. The van der Waals surface area contributed by atoms with Crippen LogP contribution in [0.15, 0.2) is 30.3 Å². The molecule has 27 heavy (non-hydrogen) atoms. The minimum Gasteiger partial charge on any atom is -0.393 e. The standard InChI is InChI=1S/C20H24FN3O2S/c1-3-16(25)5-4-10-22-19(26)18-11-17-13(2)23-24(20(17)27-18)12-14-6-8-15(21)9-7-14/h6-9,11,16,25H,3-5,10,12H2,1-2H3,(H,22,26). The number of aliphatic hydroxyl groups is 1. The Labute approximate surface area is 161 Å². The van der Waals surface area contributed by atoms with Gasteiger partial charge in [0.1, 0.15) is 10.6 Å². The Morgan fingerprint density at radius 2 is 2.11 bits per heavy atom. The molecule has 0 bridgehead atoms. The number of nitrogens with one attached hydrogen (secondary N) is 1. The summed E-state index contributed by atoms with van der Waals surface area (Å²) in [6, 6.07) is 8.23. The molecule has 0 aliphatic rings. The van der Waals surface area contributed by atoms with Gasteiger partial charge in [-0.2, -0.15) is 5.10 Å². The summed E-state index contributed by atoms with van der Waals surface area (Å²) in [6.45, 7) is 4.94. The van der Waals surface area contributed by atoms with E-state index in [1.807, 2.05) is 24.6 Å². The fourth-order valence-electron chi connectivity index (χ4n) is 2.93. The highest BCUT2D eigenvalue weighted by Gasteiger charge is 2.16. The van der Waals surface area contributed by atoms with Crippen molar-refractivity contribution in [2.24, 2.45) is 0 Å². The number of halogens is 1. The van der Waals surface area contributed by atoms with E-state index in [0.29, 0.717) is 24.4 Å². The van der Waals surface area contributed by atoms with Gasteiger partial charge in [-0.25, -0.2) is 4.39 Å². The zero-order valence-corrected chi connectivity index (χ0v) is 16.4. The number of thiophene rings is 1. The lowest BCUT2D eigenvalue weighted by molar-refractivity contribution is 0.0952. The van der Waals surface area contributed by atoms with Crippen LogP contribution < -0.4 is 5.32 Å². The summed E-state index contributed by atoms with van der Waals surface area (Å²) in [6.07, 6.45) is 1.87. The van der Waals surface area contributed by atoms with Crippen LogP contribution in [-0.4, -0.2) is 33.4 Å². The van der Waals surface area contributed by atoms with Gasteiger partial charge in [-0.3, -0.25) is 9.48 Å². The Hall–Kier alpha value is -2.25. The first-order valence-corrected chi connectivity index (χ1v) is 9.97. The molecule has 5 nitrogen and oxygen atoms in total. The average Bonchev–Trinajstić information content (AvgIpc) is 3.22. The van der Waals surface area contributed by atoms with Gasteiger partial charge < -0.3 is 10.4 Å². The monoisotopic (exact) mass is 389 g/mol. The fourth-order valence-corrected chi connectivity index (χ4v) is 4.00. The first kappa shape index (κ1) is 19.5. The van der Waals surface area contributed by atoms with E-state index in [0.717, 1.165) is 34.3 Å². The van der Waals surface area contributed by atoms with Crippen LogP contribution in [0.4, 0.5) is 4.39 Å². The molecule has 1 unspecified atom stereocenters. The van der Waals surface area contributed by atoms with Crippen molar-refractivity contribution in [1.29, 1.82) is 0 Å². The first-order chi connectivity index (χ1) is 13.0. The summed E-state index contributed by atoms with van der Waals surface area (Å²) < 4.78 is 14.9. The van der Waals surface area contributed by atoms with Gasteiger partial charge in [0.25, 0.3) is 5.91 Å². The number of fused-ring (bicyclic) bond motifs is 1. The summed E-state index contributed by atoms with van der Waals surface area (Å²) >= 11 is 1.41. The molecule has 1 atom stereocenters. The number of aryl methyl sites for hydroxylation is 1. The van der Waals surface area contributed by atoms with Crippen LogP contribution >= 0.6 is 11.3 Å². The SMILES string of the molecule is CCC(O)CCCNC(=O)c1cc2c(C)nn(Cc3ccc(F)cc3)c2s1. The number of carbonyl (C=O) groups excluding carboxylic acids is 1. The van der Waals surface area contributed by atoms with Crippen LogP contribution in [0, 0.1) is 12.7 Å². The maximum Gasteiger partial charge on any atom is 0.261 e. The van der Waals surface area contributed by atoms with Gasteiger partial charge in [0.2, 0.25) is 0 Å². The molecule has 144 valence electrons. The molecule has 1 aromatic carbocycles. The number of aliphatic hydroxyl groups excluding tert-OH is 1. The molecule has 2 N–H and O–H groups in total. The van der Waals surface area contributed by atoms with Gasteiger partial charge in [-0.05, 0) is 49.9 Å². The normalized spacial score (nSPS) is 12.4. The lowest BCUT2D eigenvalue weighted by Crippen LogP contribution is -2.24. The molecule has 2 heterocycles. The molecule has 0 saturated carbocycles. The number of aromatic nitrogens is 2. The number of amides is 1. The Kier molecular flexibility index (Phi) is 6.23. The topological polar surface area (TPSA) is 67.2 Å². The molecule has 2 aromatic heterocycles. The molecule has 0 radical (unpaired) electrons. The molecule has 1 amide bonds. The van der Waals surface area contributed by atoms with Crippen LogP contribution in [0.2, 0.25) is 0 Å². The first-order valence-electron chi connectivity index (χ1n) is 9.15. The number of benzene rings is 1. The maximum atomic E-state index is 13.1. The summed E-state index contributed by atoms with van der Waals surface area (Å²) in [5, 5.41) is 18.0. The Bertz CT molecular complexity index is 917. The Balaban J connectivity index is 1.69. The third kappa shape index (κ3) is 4.73. The maximum absolute atomic E-state index is 13.1. The zero-order chi connectivity index (χ0) is 19.4. The highest BCUT2D eigenvalue weighted by atomic mass is 32.1. The summed E-state index contributed by atoms with van der Waals surface area (Å²) in [5.41, 5.74) is 1.82. The summed E-state index contributed by atoms with van der Waals surface area (Å²) in [5.74, 6) is -0.364. The molecule has 0 fully saturated rings. The average molecular weight is 389 g/mol. The quantitative estimate of drug-likeness (QED) is 0.575. The molecule has 0 saturated heterocycles. The Morgan fingerprint density at radius 3 is 2.81 bits per heavy atom. The van der Waals surface area contributed by atoms with Gasteiger partial charge in [-0.1, -0.05) is 19.1 Å². The van der Waals surface area contributed by atoms with Crippen molar-refractivity contribution in [1.82, 2.24) is 15.1 Å². The van der Waals surface area contributed by atoms with Gasteiger partial charge in [-0.15, -0.1) is 11.3 Å². The van der Waals surface area contributed by atoms with E-state index >= 15 is 0 Å². The van der Waals surface area contributed by atoms with Crippen LogP contribution in [0.3, 0.4) is 0 Å². The number of carbonyl (C=O) groups is 1. The van der Waals surface area contributed by atoms with Crippen LogP contribution in [-0.2, 0) is 6.54 Å². The number of rotatable bonds is 8. The molecule has 3 rings (SSSR count). The summed E-state index contributed by atoms with van der Waals surface area (Å²) in [4.78, 5) is 14.0. The van der Waals surface area contributed by atoms with Gasteiger partial charge >= 0.3 is 0 Å². The van der Waals surface area contributed by atoms with Crippen molar-refractivity contribution < 1.29 is 14.3 Å². The molecular weight excluding hydrogens is 365 g/mol. The van der Waals surface area contributed by atoms with E-state index in [1.54, 1.807) is 12.1 Å². The molecule has 0 spiro atoms.